The Morgan fingerprint density at radius 3 is 2.52 bits per heavy atom. The molecule has 0 saturated heterocycles. The molecule has 1 atom stereocenters. The number of nitrogens with one attached hydrogen (secondary N) is 1. The van der Waals surface area contributed by atoms with Gasteiger partial charge in [-0.25, -0.2) is 4.79 Å². The molecule has 0 spiro atoms. The maximum Gasteiger partial charge on any atom is 0.340 e. The summed E-state index contributed by atoms with van der Waals surface area (Å²) in [6.07, 6.45) is -0.553. The van der Waals surface area contributed by atoms with Gasteiger partial charge >= 0.3 is 5.97 Å². The van der Waals surface area contributed by atoms with Gasteiger partial charge in [-0.15, -0.1) is 0 Å². The van der Waals surface area contributed by atoms with Gasteiger partial charge in [0.05, 0.1) is 5.56 Å². The average molecular weight is 307 g/mol. The molecule has 0 radical (unpaired) electrons. The summed E-state index contributed by atoms with van der Waals surface area (Å²) in [6, 6.07) is 13.7. The number of halogens is 2. The molecule has 1 aliphatic heterocycles. The summed E-state index contributed by atoms with van der Waals surface area (Å²) < 4.78 is 29.7. The van der Waals surface area contributed by atoms with Crippen molar-refractivity contribution >= 4 is 23.4 Å². The van der Waals surface area contributed by atoms with Gasteiger partial charge in [-0.1, -0.05) is 30.0 Å². The number of hydrogen-bond acceptors (Lipinski definition) is 4. The molecule has 2 aromatic carbocycles. The summed E-state index contributed by atoms with van der Waals surface area (Å²) in [5.41, 5.74) is 2.01. The van der Waals surface area contributed by atoms with E-state index >= 15 is 0 Å². The zero-order chi connectivity index (χ0) is 14.8. The number of ether oxygens (including phenoxy) is 1. The quantitative estimate of drug-likeness (QED) is 0.676. The third-order valence-corrected chi connectivity index (χ3v) is 3.79. The number of thioether (sulfide) groups is 1. The van der Waals surface area contributed by atoms with E-state index in [9.17, 15) is 13.6 Å². The molecule has 1 aliphatic rings. The van der Waals surface area contributed by atoms with Crippen molar-refractivity contribution in [1.82, 2.24) is 0 Å². The zero-order valence-electron chi connectivity index (χ0n) is 10.8. The first kappa shape index (κ1) is 13.9. The second-order valence-corrected chi connectivity index (χ2v) is 5.48. The molecule has 0 saturated carbocycles. The summed E-state index contributed by atoms with van der Waals surface area (Å²) in [7, 11) is 0. The van der Waals surface area contributed by atoms with Crippen LogP contribution in [0.25, 0.3) is 0 Å². The van der Waals surface area contributed by atoms with Gasteiger partial charge in [0.25, 0.3) is 5.76 Å². The fourth-order valence-electron chi connectivity index (χ4n) is 2.14. The topological polar surface area (TPSA) is 38.3 Å². The number of cyclic esters (lactones) is 1. The van der Waals surface area contributed by atoms with E-state index < -0.39 is 12.0 Å². The maximum absolute atomic E-state index is 12.2. The van der Waals surface area contributed by atoms with Crippen molar-refractivity contribution in [2.45, 2.75) is 16.9 Å². The predicted octanol–water partition coefficient (Wildman–Crippen LogP) is 4.28. The SMILES string of the molecule is O=C1OC(Nc2ccc(SC(F)F)cc2)c2ccccc21. The number of fused-ring (bicyclic) bond motifs is 1. The number of benzene rings is 2. The highest BCUT2D eigenvalue weighted by atomic mass is 32.2. The molecule has 3 nitrogen and oxygen atoms in total. The minimum Gasteiger partial charge on any atom is -0.434 e. The van der Waals surface area contributed by atoms with Gasteiger partial charge < -0.3 is 10.1 Å². The average Bonchev–Trinajstić information content (AvgIpc) is 2.78. The number of carbonyl (C=O) groups excluding carboxylic acids is 1. The maximum atomic E-state index is 12.2. The van der Waals surface area contributed by atoms with Gasteiger partial charge in [-0.05, 0) is 30.3 Å². The van der Waals surface area contributed by atoms with Gasteiger partial charge in [0.15, 0.2) is 0 Å². The van der Waals surface area contributed by atoms with Crippen LogP contribution in [0.4, 0.5) is 14.5 Å². The first-order chi connectivity index (χ1) is 10.1. The van der Waals surface area contributed by atoms with E-state index in [0.717, 1.165) is 5.56 Å². The van der Waals surface area contributed by atoms with Crippen LogP contribution in [0.5, 0.6) is 0 Å². The van der Waals surface area contributed by atoms with E-state index in [1.165, 1.54) is 0 Å². The predicted molar refractivity (Wildman–Crippen MR) is 76.5 cm³/mol. The molecule has 21 heavy (non-hydrogen) atoms. The van der Waals surface area contributed by atoms with E-state index in [2.05, 4.69) is 5.32 Å². The first-order valence-electron chi connectivity index (χ1n) is 6.25. The Bertz CT molecular complexity index is 661. The van der Waals surface area contributed by atoms with Crippen molar-refractivity contribution in [2.24, 2.45) is 0 Å². The molecule has 0 fully saturated rings. The van der Waals surface area contributed by atoms with Crippen LogP contribution >= 0.6 is 11.8 Å². The molecular weight excluding hydrogens is 296 g/mol. The molecule has 6 heteroatoms. The summed E-state index contributed by atoms with van der Waals surface area (Å²) in [5.74, 6) is -2.81. The van der Waals surface area contributed by atoms with Gasteiger partial charge in [0, 0.05) is 16.1 Å². The normalized spacial score (nSPS) is 16.7. The number of rotatable bonds is 4. The van der Waals surface area contributed by atoms with Crippen LogP contribution < -0.4 is 5.32 Å². The highest BCUT2D eigenvalue weighted by Crippen LogP contribution is 2.32. The lowest BCUT2D eigenvalue weighted by atomic mass is 10.1. The van der Waals surface area contributed by atoms with Crippen LogP contribution in [0.3, 0.4) is 0 Å². The van der Waals surface area contributed by atoms with Crippen molar-refractivity contribution in [3.05, 3.63) is 59.7 Å². The zero-order valence-corrected chi connectivity index (χ0v) is 11.6. The minimum atomic E-state index is -2.44. The van der Waals surface area contributed by atoms with Crippen LogP contribution in [0.15, 0.2) is 53.4 Å². The van der Waals surface area contributed by atoms with Crippen molar-refractivity contribution in [2.75, 3.05) is 5.32 Å². The standard InChI is InChI=1S/C15H11F2NO2S/c16-15(17)21-10-7-5-9(6-8-10)18-13-11-3-1-2-4-12(11)14(19)20-13/h1-8,13,15,18H. The van der Waals surface area contributed by atoms with E-state index in [4.69, 9.17) is 4.74 Å². The number of esters is 1. The number of anilines is 1. The van der Waals surface area contributed by atoms with Gasteiger partial charge in [-0.2, -0.15) is 8.78 Å². The molecule has 0 bridgehead atoms. The largest absolute Gasteiger partial charge is 0.434 e. The molecule has 1 unspecified atom stereocenters. The minimum absolute atomic E-state index is 0.368. The Balaban J connectivity index is 1.74. The fourth-order valence-corrected chi connectivity index (χ4v) is 2.64. The molecule has 0 aromatic heterocycles. The van der Waals surface area contributed by atoms with Crippen LogP contribution in [0, 0.1) is 0 Å². The van der Waals surface area contributed by atoms with Crippen molar-refractivity contribution in [1.29, 1.82) is 0 Å². The first-order valence-corrected chi connectivity index (χ1v) is 7.13. The lowest BCUT2D eigenvalue weighted by molar-refractivity contribution is 0.0437. The fraction of sp³-hybridized carbons (Fsp3) is 0.133. The number of carbonyl (C=O) groups is 1. The van der Waals surface area contributed by atoms with E-state index in [-0.39, 0.29) is 5.97 Å². The Kier molecular flexibility index (Phi) is 3.79. The Hall–Kier alpha value is -2.08. The van der Waals surface area contributed by atoms with Crippen molar-refractivity contribution in [3.8, 4) is 0 Å². The summed E-state index contributed by atoms with van der Waals surface area (Å²) >= 11 is 0.492. The molecular formula is C15H11F2NO2S. The smallest absolute Gasteiger partial charge is 0.340 e. The van der Waals surface area contributed by atoms with Crippen LogP contribution in [0.1, 0.15) is 22.1 Å². The molecule has 1 N–H and O–H groups in total. The van der Waals surface area contributed by atoms with Crippen LogP contribution in [-0.2, 0) is 4.74 Å². The van der Waals surface area contributed by atoms with Gasteiger partial charge in [-0.3, -0.25) is 0 Å². The molecule has 1 heterocycles. The van der Waals surface area contributed by atoms with Gasteiger partial charge in [0.1, 0.15) is 0 Å². The number of alkyl halides is 2. The summed E-state index contributed by atoms with van der Waals surface area (Å²) in [4.78, 5) is 12.2. The molecule has 3 rings (SSSR count). The second-order valence-electron chi connectivity index (χ2n) is 4.42. The van der Waals surface area contributed by atoms with Crippen LogP contribution in [-0.4, -0.2) is 11.7 Å². The number of hydrogen-bond donors (Lipinski definition) is 1. The molecule has 108 valence electrons. The molecule has 0 aliphatic carbocycles. The molecule has 0 amide bonds. The summed E-state index contributed by atoms with van der Waals surface area (Å²) in [5, 5.41) is 3.07. The van der Waals surface area contributed by atoms with Crippen molar-refractivity contribution in [3.63, 3.8) is 0 Å². The Labute approximate surface area is 124 Å². The lowest BCUT2D eigenvalue weighted by Crippen LogP contribution is -2.10. The Morgan fingerprint density at radius 1 is 1.10 bits per heavy atom. The highest BCUT2D eigenvalue weighted by Gasteiger charge is 2.30. The van der Waals surface area contributed by atoms with Crippen molar-refractivity contribution < 1.29 is 18.3 Å². The highest BCUT2D eigenvalue weighted by molar-refractivity contribution is 7.99. The molecule has 2 aromatic rings. The second kappa shape index (κ2) is 5.73. The Morgan fingerprint density at radius 2 is 1.81 bits per heavy atom. The summed E-state index contributed by atoms with van der Waals surface area (Å²) in [6.45, 7) is 0. The van der Waals surface area contributed by atoms with Gasteiger partial charge in [0.2, 0.25) is 6.23 Å². The third kappa shape index (κ3) is 3.00. The monoisotopic (exact) mass is 307 g/mol. The van der Waals surface area contributed by atoms with E-state index in [0.29, 0.717) is 27.9 Å². The van der Waals surface area contributed by atoms with E-state index in [1.54, 1.807) is 36.4 Å². The van der Waals surface area contributed by atoms with Crippen LogP contribution in [0.2, 0.25) is 0 Å². The van der Waals surface area contributed by atoms with E-state index in [1.807, 2.05) is 12.1 Å². The lowest BCUT2D eigenvalue weighted by Gasteiger charge is -2.14. The third-order valence-electron chi connectivity index (χ3n) is 3.07.